The number of rotatable bonds is 8. The molecule has 4 aromatic rings. The van der Waals surface area contributed by atoms with Crippen molar-refractivity contribution < 1.29 is 17.9 Å². The number of hydrogen-bond acceptors (Lipinski definition) is 8. The number of anilines is 3. The smallest absolute Gasteiger partial charge is 0.406 e. The molecule has 1 aliphatic rings. The number of halogens is 3. The van der Waals surface area contributed by atoms with Crippen molar-refractivity contribution in [3.63, 3.8) is 0 Å². The zero-order valence-corrected chi connectivity index (χ0v) is 21.1. The van der Waals surface area contributed by atoms with Gasteiger partial charge in [-0.05, 0) is 68.8 Å². The van der Waals surface area contributed by atoms with Gasteiger partial charge in [-0.15, -0.1) is 19.8 Å². The highest BCUT2D eigenvalue weighted by molar-refractivity contribution is 5.77. The number of aryl methyl sites for hydroxylation is 1. The SMILES string of the molecule is C=CCn1c(=O)c2cnc(Nc3ccc(OC(F)(F)F)c(C)c3)nc2n1-c1cccc(NC2CCNCC2)n1. The van der Waals surface area contributed by atoms with Crippen molar-refractivity contribution >= 4 is 28.5 Å². The van der Waals surface area contributed by atoms with E-state index < -0.39 is 6.36 Å². The summed E-state index contributed by atoms with van der Waals surface area (Å²) in [6, 6.07) is 9.93. The number of piperidine rings is 1. The summed E-state index contributed by atoms with van der Waals surface area (Å²) in [5, 5.41) is 10.1. The number of nitrogens with zero attached hydrogens (tertiary/aromatic N) is 5. The number of nitrogens with one attached hydrogen (secondary N) is 3. The van der Waals surface area contributed by atoms with E-state index in [4.69, 9.17) is 4.98 Å². The van der Waals surface area contributed by atoms with Gasteiger partial charge in [0.1, 0.15) is 17.0 Å². The lowest BCUT2D eigenvalue weighted by Crippen LogP contribution is -2.35. The van der Waals surface area contributed by atoms with Gasteiger partial charge in [-0.1, -0.05) is 12.1 Å². The van der Waals surface area contributed by atoms with Crippen LogP contribution in [0.3, 0.4) is 0 Å². The van der Waals surface area contributed by atoms with E-state index in [1.165, 1.54) is 36.0 Å². The molecule has 1 saturated heterocycles. The van der Waals surface area contributed by atoms with Gasteiger partial charge in [0.2, 0.25) is 5.95 Å². The number of hydrogen-bond donors (Lipinski definition) is 3. The number of ether oxygens (including phenoxy) is 1. The third-order valence-electron chi connectivity index (χ3n) is 6.28. The van der Waals surface area contributed by atoms with Crippen molar-refractivity contribution in [3.8, 4) is 11.6 Å². The molecule has 39 heavy (non-hydrogen) atoms. The van der Waals surface area contributed by atoms with Crippen LogP contribution >= 0.6 is 0 Å². The van der Waals surface area contributed by atoms with Crippen molar-refractivity contribution in [2.75, 3.05) is 23.7 Å². The topological polar surface area (TPSA) is 111 Å². The second-order valence-electron chi connectivity index (χ2n) is 9.12. The Morgan fingerprint density at radius 2 is 2.00 bits per heavy atom. The standard InChI is InChI=1S/C26H27F3N8O2/c1-3-13-36-24(38)19-15-31-25(33-18-7-8-20(16(2)14-18)39-26(27,28)29)35-23(19)37(36)22-6-4-5-21(34-22)32-17-9-11-30-12-10-17/h3-8,14-15,17,30H,1,9-13H2,2H3,(H,32,34)(H,31,33,35). The Morgan fingerprint density at radius 3 is 2.72 bits per heavy atom. The summed E-state index contributed by atoms with van der Waals surface area (Å²) in [4.78, 5) is 26.8. The molecule has 3 N–H and O–H groups in total. The number of aromatic nitrogens is 5. The lowest BCUT2D eigenvalue weighted by Gasteiger charge is -2.24. The van der Waals surface area contributed by atoms with E-state index in [1.54, 1.807) is 16.8 Å². The van der Waals surface area contributed by atoms with Crippen LogP contribution < -0.4 is 26.2 Å². The minimum atomic E-state index is -4.79. The summed E-state index contributed by atoms with van der Waals surface area (Å²) in [7, 11) is 0. The van der Waals surface area contributed by atoms with Gasteiger partial charge in [0, 0.05) is 17.9 Å². The Labute approximate surface area is 221 Å². The minimum Gasteiger partial charge on any atom is -0.406 e. The molecular weight excluding hydrogens is 513 g/mol. The molecule has 0 radical (unpaired) electrons. The number of benzene rings is 1. The zero-order valence-electron chi connectivity index (χ0n) is 21.1. The average Bonchev–Trinajstić information content (AvgIpc) is 3.17. The molecule has 1 aromatic carbocycles. The van der Waals surface area contributed by atoms with Gasteiger partial charge in [-0.2, -0.15) is 4.98 Å². The van der Waals surface area contributed by atoms with E-state index >= 15 is 0 Å². The Bertz CT molecular complexity index is 1560. The molecule has 4 heterocycles. The van der Waals surface area contributed by atoms with Crippen LogP contribution in [0.2, 0.25) is 0 Å². The van der Waals surface area contributed by atoms with Crippen LogP contribution in [0.1, 0.15) is 18.4 Å². The molecule has 0 bridgehead atoms. The molecule has 1 aliphatic heterocycles. The molecule has 10 nitrogen and oxygen atoms in total. The van der Waals surface area contributed by atoms with E-state index in [1.807, 2.05) is 12.1 Å². The average molecular weight is 541 g/mol. The fourth-order valence-electron chi connectivity index (χ4n) is 4.50. The van der Waals surface area contributed by atoms with E-state index in [-0.39, 0.29) is 34.8 Å². The van der Waals surface area contributed by atoms with E-state index in [0.29, 0.717) is 29.0 Å². The highest BCUT2D eigenvalue weighted by Crippen LogP contribution is 2.29. The van der Waals surface area contributed by atoms with Crippen LogP contribution in [-0.2, 0) is 6.54 Å². The number of fused-ring (bicyclic) bond motifs is 1. The maximum absolute atomic E-state index is 13.2. The van der Waals surface area contributed by atoms with E-state index in [9.17, 15) is 18.0 Å². The Hall–Kier alpha value is -4.39. The first-order valence-electron chi connectivity index (χ1n) is 12.4. The largest absolute Gasteiger partial charge is 0.573 e. The summed E-state index contributed by atoms with van der Waals surface area (Å²) >= 11 is 0. The van der Waals surface area contributed by atoms with Crippen molar-refractivity contribution in [2.24, 2.45) is 0 Å². The van der Waals surface area contributed by atoms with Gasteiger partial charge in [0.25, 0.3) is 5.56 Å². The van der Waals surface area contributed by atoms with Gasteiger partial charge in [0.05, 0.1) is 6.54 Å². The predicted octanol–water partition coefficient (Wildman–Crippen LogP) is 4.28. The number of pyridine rings is 1. The molecule has 0 atom stereocenters. The van der Waals surface area contributed by atoms with Crippen LogP contribution in [-0.4, -0.2) is 49.8 Å². The van der Waals surface area contributed by atoms with E-state index in [2.05, 4.69) is 37.2 Å². The summed E-state index contributed by atoms with van der Waals surface area (Å²) in [5.74, 6) is 1.02. The molecule has 0 saturated carbocycles. The van der Waals surface area contributed by atoms with Gasteiger partial charge >= 0.3 is 6.36 Å². The molecule has 204 valence electrons. The molecule has 0 amide bonds. The van der Waals surface area contributed by atoms with Crippen molar-refractivity contribution in [1.82, 2.24) is 29.6 Å². The first-order valence-corrected chi connectivity index (χ1v) is 12.4. The molecule has 0 unspecified atom stereocenters. The Balaban J connectivity index is 1.50. The van der Waals surface area contributed by atoms with Crippen molar-refractivity contribution in [1.29, 1.82) is 0 Å². The monoisotopic (exact) mass is 540 g/mol. The van der Waals surface area contributed by atoms with Gasteiger partial charge in [0.15, 0.2) is 11.5 Å². The van der Waals surface area contributed by atoms with Crippen LogP contribution in [0.5, 0.6) is 5.75 Å². The number of alkyl halides is 3. The quantitative estimate of drug-likeness (QED) is 0.284. The van der Waals surface area contributed by atoms with Gasteiger partial charge < -0.3 is 20.7 Å². The molecule has 5 rings (SSSR count). The summed E-state index contributed by atoms with van der Waals surface area (Å²) in [6.07, 6.45) is 0.182. The van der Waals surface area contributed by atoms with Crippen molar-refractivity contribution in [3.05, 3.63) is 71.2 Å². The Kier molecular flexibility index (Phi) is 7.24. The minimum absolute atomic E-state index is 0.153. The lowest BCUT2D eigenvalue weighted by atomic mass is 10.1. The first-order chi connectivity index (χ1) is 18.7. The maximum Gasteiger partial charge on any atom is 0.573 e. The summed E-state index contributed by atoms with van der Waals surface area (Å²) < 4.78 is 45.0. The predicted molar refractivity (Wildman–Crippen MR) is 142 cm³/mol. The zero-order chi connectivity index (χ0) is 27.6. The van der Waals surface area contributed by atoms with Crippen LogP contribution in [0.25, 0.3) is 16.9 Å². The summed E-state index contributed by atoms with van der Waals surface area (Å²) in [6.45, 7) is 7.35. The second-order valence-corrected chi connectivity index (χ2v) is 9.12. The first kappa shape index (κ1) is 26.2. The molecular formula is C26H27F3N8O2. The van der Waals surface area contributed by atoms with Crippen molar-refractivity contribution in [2.45, 2.75) is 38.7 Å². The Morgan fingerprint density at radius 1 is 1.21 bits per heavy atom. The lowest BCUT2D eigenvalue weighted by molar-refractivity contribution is -0.274. The fourth-order valence-corrected chi connectivity index (χ4v) is 4.50. The molecule has 0 aliphatic carbocycles. The molecule has 13 heteroatoms. The van der Waals surface area contributed by atoms with Gasteiger partial charge in [-0.25, -0.2) is 19.3 Å². The van der Waals surface area contributed by atoms with Gasteiger partial charge in [-0.3, -0.25) is 4.79 Å². The third kappa shape index (κ3) is 5.87. The summed E-state index contributed by atoms with van der Waals surface area (Å²) in [5.41, 5.74) is 0.737. The molecule has 1 fully saturated rings. The van der Waals surface area contributed by atoms with Crippen LogP contribution in [0.4, 0.5) is 30.6 Å². The fraction of sp³-hybridized carbons (Fsp3) is 0.308. The maximum atomic E-state index is 13.2. The van der Waals surface area contributed by atoms with Crippen LogP contribution in [0, 0.1) is 6.92 Å². The highest BCUT2D eigenvalue weighted by atomic mass is 19.4. The second kappa shape index (κ2) is 10.8. The number of allylic oxidation sites excluding steroid dienone is 1. The third-order valence-corrected chi connectivity index (χ3v) is 6.28. The van der Waals surface area contributed by atoms with E-state index in [0.717, 1.165) is 25.9 Å². The van der Waals surface area contributed by atoms with Crippen LogP contribution in [0.15, 0.2) is 60.0 Å². The molecule has 0 spiro atoms. The normalized spacial score (nSPS) is 14.4. The molecule has 3 aromatic heterocycles. The highest BCUT2D eigenvalue weighted by Gasteiger charge is 2.31.